The molecule has 2 rings (SSSR count). The summed E-state index contributed by atoms with van der Waals surface area (Å²) in [6, 6.07) is 2.57. The third kappa shape index (κ3) is 2.39. The van der Waals surface area contributed by atoms with Crippen molar-refractivity contribution in [1.29, 1.82) is 0 Å². The second-order valence-electron chi connectivity index (χ2n) is 3.88. The van der Waals surface area contributed by atoms with Gasteiger partial charge in [0.2, 0.25) is 0 Å². The molecule has 0 aromatic carbocycles. The number of anilines is 1. The molecule has 82 valence electrons. The zero-order chi connectivity index (χ0) is 10.7. The first-order valence-corrected chi connectivity index (χ1v) is 5.27. The second-order valence-corrected chi connectivity index (χ2v) is 3.88. The summed E-state index contributed by atoms with van der Waals surface area (Å²) in [6.07, 6.45) is 3.62. The topological polar surface area (TPSA) is 37.4 Å². The monoisotopic (exact) mass is 207 g/mol. The van der Waals surface area contributed by atoms with Crippen molar-refractivity contribution in [2.24, 2.45) is 0 Å². The van der Waals surface area contributed by atoms with Gasteiger partial charge in [0.15, 0.2) is 0 Å². The lowest BCUT2D eigenvalue weighted by Gasteiger charge is -2.33. The van der Waals surface area contributed by atoms with E-state index in [0.717, 1.165) is 31.1 Å². The minimum Gasteiger partial charge on any atom is -0.495 e. The molecule has 1 aliphatic heterocycles. The van der Waals surface area contributed by atoms with E-state index in [1.165, 1.54) is 0 Å². The number of methoxy groups -OCH3 is 1. The summed E-state index contributed by atoms with van der Waals surface area (Å²) in [5, 5.41) is 3.42. The fourth-order valence-corrected chi connectivity index (χ4v) is 1.86. The van der Waals surface area contributed by atoms with E-state index in [9.17, 15) is 0 Å². The number of ether oxygens (including phenoxy) is 1. The van der Waals surface area contributed by atoms with Gasteiger partial charge in [-0.2, -0.15) is 0 Å². The van der Waals surface area contributed by atoms with Crippen molar-refractivity contribution >= 4 is 5.69 Å². The summed E-state index contributed by atoms with van der Waals surface area (Å²) < 4.78 is 5.17. The van der Waals surface area contributed by atoms with Crippen molar-refractivity contribution in [2.45, 2.75) is 13.0 Å². The lowest BCUT2D eigenvalue weighted by molar-refractivity contribution is 0.412. The summed E-state index contributed by atoms with van der Waals surface area (Å²) in [7, 11) is 1.67. The predicted octanol–water partition coefficient (Wildman–Crippen LogP) is 0.888. The van der Waals surface area contributed by atoms with Gasteiger partial charge in [-0.1, -0.05) is 0 Å². The highest BCUT2D eigenvalue weighted by Crippen LogP contribution is 2.20. The minimum absolute atomic E-state index is 0.532. The zero-order valence-electron chi connectivity index (χ0n) is 9.23. The fourth-order valence-electron chi connectivity index (χ4n) is 1.86. The molecule has 4 nitrogen and oxygen atoms in total. The molecule has 1 unspecified atom stereocenters. The Morgan fingerprint density at radius 2 is 2.40 bits per heavy atom. The van der Waals surface area contributed by atoms with Crippen LogP contribution in [0.25, 0.3) is 0 Å². The van der Waals surface area contributed by atoms with Crippen LogP contribution in [0.1, 0.15) is 6.92 Å². The maximum absolute atomic E-state index is 5.17. The number of nitrogens with zero attached hydrogens (tertiary/aromatic N) is 2. The van der Waals surface area contributed by atoms with Crippen molar-refractivity contribution in [1.82, 2.24) is 10.3 Å². The molecule has 15 heavy (non-hydrogen) atoms. The van der Waals surface area contributed by atoms with E-state index in [1.807, 2.05) is 12.3 Å². The number of nitrogens with one attached hydrogen (secondary N) is 1. The van der Waals surface area contributed by atoms with E-state index in [-0.39, 0.29) is 0 Å². The standard InChI is InChI=1S/C11H17N3O/c1-9-8-14(4-3-13-9)10-5-11(15-2)7-12-6-10/h5-7,9,13H,3-4,8H2,1-2H3. The van der Waals surface area contributed by atoms with Gasteiger partial charge in [-0.05, 0) is 6.92 Å². The SMILES string of the molecule is COc1cncc(N2CCNC(C)C2)c1. The maximum atomic E-state index is 5.17. The molecule has 0 bridgehead atoms. The van der Waals surface area contributed by atoms with Gasteiger partial charge < -0.3 is 15.0 Å². The van der Waals surface area contributed by atoms with Crippen molar-refractivity contribution in [2.75, 3.05) is 31.6 Å². The quantitative estimate of drug-likeness (QED) is 0.781. The van der Waals surface area contributed by atoms with Crippen molar-refractivity contribution in [3.05, 3.63) is 18.5 Å². The van der Waals surface area contributed by atoms with Crippen molar-refractivity contribution in [3.63, 3.8) is 0 Å². The molecule has 0 spiro atoms. The Morgan fingerprint density at radius 1 is 1.53 bits per heavy atom. The molecular weight excluding hydrogens is 190 g/mol. The lowest BCUT2D eigenvalue weighted by atomic mass is 10.2. The molecule has 0 aliphatic carbocycles. The summed E-state index contributed by atoms with van der Waals surface area (Å²) in [6.45, 7) is 5.27. The summed E-state index contributed by atoms with van der Waals surface area (Å²) in [5.74, 6) is 0.818. The van der Waals surface area contributed by atoms with E-state index in [1.54, 1.807) is 13.3 Å². The van der Waals surface area contributed by atoms with E-state index in [2.05, 4.69) is 22.1 Å². The molecule has 0 amide bonds. The zero-order valence-corrected chi connectivity index (χ0v) is 9.23. The fraction of sp³-hybridized carbons (Fsp3) is 0.545. The molecule has 2 heterocycles. The van der Waals surface area contributed by atoms with Gasteiger partial charge in [-0.15, -0.1) is 0 Å². The normalized spacial score (nSPS) is 21.5. The molecule has 1 saturated heterocycles. The van der Waals surface area contributed by atoms with Gasteiger partial charge >= 0.3 is 0 Å². The average molecular weight is 207 g/mol. The highest BCUT2D eigenvalue weighted by atomic mass is 16.5. The Morgan fingerprint density at radius 3 is 3.13 bits per heavy atom. The molecule has 1 N–H and O–H groups in total. The molecule has 1 atom stereocenters. The number of hydrogen-bond donors (Lipinski definition) is 1. The van der Waals surface area contributed by atoms with E-state index in [4.69, 9.17) is 4.74 Å². The van der Waals surface area contributed by atoms with Crippen LogP contribution in [0.3, 0.4) is 0 Å². The van der Waals surface area contributed by atoms with E-state index in [0.29, 0.717) is 6.04 Å². The van der Waals surface area contributed by atoms with Crippen LogP contribution in [0.2, 0.25) is 0 Å². The number of rotatable bonds is 2. The van der Waals surface area contributed by atoms with Crippen LogP contribution in [0.4, 0.5) is 5.69 Å². The first kappa shape index (κ1) is 10.2. The molecule has 0 saturated carbocycles. The smallest absolute Gasteiger partial charge is 0.139 e. The first-order valence-electron chi connectivity index (χ1n) is 5.27. The van der Waals surface area contributed by atoms with Gasteiger partial charge in [0.25, 0.3) is 0 Å². The molecule has 1 aromatic heterocycles. The molecule has 1 aliphatic rings. The largest absolute Gasteiger partial charge is 0.495 e. The van der Waals surface area contributed by atoms with Crippen LogP contribution < -0.4 is 15.0 Å². The Labute approximate surface area is 90.3 Å². The molecule has 1 fully saturated rings. The number of hydrogen-bond acceptors (Lipinski definition) is 4. The summed E-state index contributed by atoms with van der Waals surface area (Å²) >= 11 is 0. The van der Waals surface area contributed by atoms with Crippen LogP contribution in [-0.4, -0.2) is 37.8 Å². The molecule has 1 aromatic rings. The van der Waals surface area contributed by atoms with Crippen LogP contribution in [0.15, 0.2) is 18.5 Å². The summed E-state index contributed by atoms with van der Waals surface area (Å²) in [5.41, 5.74) is 1.14. The van der Waals surface area contributed by atoms with E-state index >= 15 is 0 Å². The van der Waals surface area contributed by atoms with Crippen LogP contribution >= 0.6 is 0 Å². The van der Waals surface area contributed by atoms with Crippen LogP contribution in [0, 0.1) is 0 Å². The number of piperazine rings is 1. The third-order valence-corrected chi connectivity index (χ3v) is 2.67. The van der Waals surface area contributed by atoms with Crippen LogP contribution in [-0.2, 0) is 0 Å². The highest BCUT2D eigenvalue weighted by Gasteiger charge is 2.16. The van der Waals surface area contributed by atoms with Crippen LogP contribution in [0.5, 0.6) is 5.75 Å². The number of pyridine rings is 1. The summed E-state index contributed by atoms with van der Waals surface area (Å²) in [4.78, 5) is 6.50. The Kier molecular flexibility index (Phi) is 3.06. The van der Waals surface area contributed by atoms with Crippen molar-refractivity contribution in [3.8, 4) is 5.75 Å². The van der Waals surface area contributed by atoms with E-state index < -0.39 is 0 Å². The van der Waals surface area contributed by atoms with Crippen molar-refractivity contribution < 1.29 is 4.74 Å². The molecule has 4 heteroatoms. The minimum atomic E-state index is 0.532. The lowest BCUT2D eigenvalue weighted by Crippen LogP contribution is -2.49. The van der Waals surface area contributed by atoms with Gasteiger partial charge in [0, 0.05) is 31.7 Å². The number of aromatic nitrogens is 1. The van der Waals surface area contributed by atoms with Gasteiger partial charge in [0.05, 0.1) is 25.2 Å². The van der Waals surface area contributed by atoms with Gasteiger partial charge in [0.1, 0.15) is 5.75 Å². The predicted molar refractivity (Wildman–Crippen MR) is 60.5 cm³/mol. The highest BCUT2D eigenvalue weighted by molar-refractivity contribution is 5.48. The Bertz CT molecular complexity index is 329. The first-order chi connectivity index (χ1) is 7.29. The maximum Gasteiger partial charge on any atom is 0.139 e. The molecular formula is C11H17N3O. The second kappa shape index (κ2) is 4.49. The average Bonchev–Trinajstić information content (AvgIpc) is 2.29. The molecule has 0 radical (unpaired) electrons. The van der Waals surface area contributed by atoms with Gasteiger partial charge in [-0.3, -0.25) is 4.98 Å². The Balaban J connectivity index is 2.13. The third-order valence-electron chi connectivity index (χ3n) is 2.67. The Hall–Kier alpha value is -1.29. The van der Waals surface area contributed by atoms with Gasteiger partial charge in [-0.25, -0.2) is 0 Å².